The van der Waals surface area contributed by atoms with Gasteiger partial charge < -0.3 is 15.1 Å². The van der Waals surface area contributed by atoms with Gasteiger partial charge in [-0.05, 0) is 29.1 Å². The highest BCUT2D eigenvalue weighted by atomic mass is 35.5. The predicted molar refractivity (Wildman–Crippen MR) is 102 cm³/mol. The van der Waals surface area contributed by atoms with Crippen molar-refractivity contribution in [3.8, 4) is 0 Å². The van der Waals surface area contributed by atoms with Crippen molar-refractivity contribution in [2.45, 2.75) is 6.54 Å². The van der Waals surface area contributed by atoms with E-state index in [4.69, 9.17) is 31.4 Å². The zero-order valence-corrected chi connectivity index (χ0v) is 15.9. The summed E-state index contributed by atoms with van der Waals surface area (Å²) in [6, 6.07) is 11.8. The van der Waals surface area contributed by atoms with Crippen molar-refractivity contribution in [1.29, 1.82) is 0 Å². The molecule has 2 N–H and O–H groups in total. The Bertz CT molecular complexity index is 760. The number of nitrogens with zero attached hydrogens (tertiary/aromatic N) is 2. The smallest absolute Gasteiger partial charge is 0.414 e. The van der Waals surface area contributed by atoms with Crippen LogP contribution in [0, 0.1) is 0 Å². The Morgan fingerprint density at radius 2 is 1.56 bits per heavy atom. The third kappa shape index (κ3) is 6.67. The van der Waals surface area contributed by atoms with Gasteiger partial charge in [-0.2, -0.15) is 0 Å². The number of piperazine rings is 1. The van der Waals surface area contributed by atoms with E-state index >= 15 is 0 Å². The lowest BCUT2D eigenvalue weighted by Crippen LogP contribution is -2.48. The number of hydrogen-bond acceptors (Lipinski definition) is 5. The van der Waals surface area contributed by atoms with E-state index in [0.717, 1.165) is 42.6 Å². The number of benzene rings is 1. The number of carboxylic acids is 2. The van der Waals surface area contributed by atoms with Gasteiger partial charge in [0.1, 0.15) is 0 Å². The molecule has 9 heteroatoms. The summed E-state index contributed by atoms with van der Waals surface area (Å²) in [7, 11) is 0. The topological polar surface area (TPSA) is 98.1 Å². The highest BCUT2D eigenvalue weighted by molar-refractivity contribution is 7.12. The zero-order valence-electron chi connectivity index (χ0n) is 14.4. The quantitative estimate of drug-likeness (QED) is 0.754. The second kappa shape index (κ2) is 10.1. The number of carboxylic acid groups (broad SMARTS) is 2. The molecule has 1 saturated heterocycles. The summed E-state index contributed by atoms with van der Waals surface area (Å²) in [5.74, 6) is -3.49. The maximum Gasteiger partial charge on any atom is 0.414 e. The van der Waals surface area contributed by atoms with E-state index in [1.165, 1.54) is 16.9 Å². The first-order valence-corrected chi connectivity index (χ1v) is 9.38. The third-order valence-electron chi connectivity index (χ3n) is 3.89. The minimum absolute atomic E-state index is 0.163. The van der Waals surface area contributed by atoms with Crippen molar-refractivity contribution < 1.29 is 24.6 Å². The molecule has 0 atom stereocenters. The molecule has 1 fully saturated rings. The molecule has 1 aromatic heterocycles. The van der Waals surface area contributed by atoms with Gasteiger partial charge >= 0.3 is 11.9 Å². The van der Waals surface area contributed by atoms with Gasteiger partial charge in [-0.15, -0.1) is 11.3 Å². The Balaban J connectivity index is 0.000000380. The van der Waals surface area contributed by atoms with Gasteiger partial charge in [0, 0.05) is 37.7 Å². The van der Waals surface area contributed by atoms with Crippen molar-refractivity contribution in [2.75, 3.05) is 26.2 Å². The van der Waals surface area contributed by atoms with Crippen LogP contribution in [0.15, 0.2) is 41.8 Å². The first-order valence-electron chi connectivity index (χ1n) is 8.12. The Morgan fingerprint density at radius 3 is 2.04 bits per heavy atom. The molecule has 144 valence electrons. The highest BCUT2D eigenvalue weighted by Crippen LogP contribution is 2.16. The fourth-order valence-corrected chi connectivity index (χ4v) is 3.33. The number of amides is 1. The Kier molecular flexibility index (Phi) is 7.78. The average molecular weight is 411 g/mol. The number of hydrogen-bond donors (Lipinski definition) is 2. The molecule has 0 radical (unpaired) electrons. The van der Waals surface area contributed by atoms with E-state index in [0.29, 0.717) is 0 Å². The Labute approximate surface area is 165 Å². The van der Waals surface area contributed by atoms with Crippen molar-refractivity contribution in [3.05, 3.63) is 57.2 Å². The molecule has 27 heavy (non-hydrogen) atoms. The van der Waals surface area contributed by atoms with E-state index in [-0.39, 0.29) is 5.91 Å². The van der Waals surface area contributed by atoms with Crippen molar-refractivity contribution >= 4 is 40.8 Å². The van der Waals surface area contributed by atoms with Gasteiger partial charge in [-0.25, -0.2) is 9.59 Å². The van der Waals surface area contributed by atoms with E-state index < -0.39 is 11.9 Å². The summed E-state index contributed by atoms with van der Waals surface area (Å²) in [6.45, 7) is 4.34. The lowest BCUT2D eigenvalue weighted by atomic mass is 10.2. The molecule has 2 aromatic rings. The number of halogens is 1. The van der Waals surface area contributed by atoms with E-state index in [1.54, 1.807) is 0 Å². The van der Waals surface area contributed by atoms with Gasteiger partial charge in [0.25, 0.3) is 5.91 Å². The standard InChI is InChI=1S/C16H17ClN2OS.C2H2O4/c17-14-5-3-13(4-6-14)12-18-7-9-19(10-8-18)16(20)15-2-1-11-21-15;3-1(4)2(5)6/h1-6,11H,7-10,12H2;(H,3,4)(H,5,6). The molecule has 0 aliphatic carbocycles. The number of aliphatic carboxylic acids is 2. The van der Waals surface area contributed by atoms with Crippen LogP contribution in [0.4, 0.5) is 0 Å². The van der Waals surface area contributed by atoms with Crippen LogP contribution in [-0.2, 0) is 16.1 Å². The van der Waals surface area contributed by atoms with Crippen LogP contribution >= 0.6 is 22.9 Å². The van der Waals surface area contributed by atoms with E-state index in [1.807, 2.05) is 34.5 Å². The zero-order chi connectivity index (χ0) is 19.8. The molecule has 1 aliphatic heterocycles. The third-order valence-corrected chi connectivity index (χ3v) is 5.00. The van der Waals surface area contributed by atoms with Gasteiger partial charge in [0.05, 0.1) is 4.88 Å². The summed E-state index contributed by atoms with van der Waals surface area (Å²) in [4.78, 5) is 35.6. The largest absolute Gasteiger partial charge is 0.473 e. The van der Waals surface area contributed by atoms with Gasteiger partial charge in [-0.3, -0.25) is 9.69 Å². The molecular weight excluding hydrogens is 392 g/mol. The summed E-state index contributed by atoms with van der Waals surface area (Å²) >= 11 is 7.41. The monoisotopic (exact) mass is 410 g/mol. The SMILES string of the molecule is O=C(O)C(=O)O.O=C(c1cccs1)N1CCN(Cc2ccc(Cl)cc2)CC1. The van der Waals surface area contributed by atoms with Crippen molar-refractivity contribution in [3.63, 3.8) is 0 Å². The summed E-state index contributed by atoms with van der Waals surface area (Å²) in [6.07, 6.45) is 0. The lowest BCUT2D eigenvalue weighted by molar-refractivity contribution is -0.159. The molecule has 0 spiro atoms. The minimum Gasteiger partial charge on any atom is -0.473 e. The fraction of sp³-hybridized carbons (Fsp3) is 0.278. The van der Waals surface area contributed by atoms with E-state index in [2.05, 4.69) is 17.0 Å². The maximum absolute atomic E-state index is 12.3. The summed E-state index contributed by atoms with van der Waals surface area (Å²) in [5.41, 5.74) is 1.26. The van der Waals surface area contributed by atoms with Crippen LogP contribution in [-0.4, -0.2) is 64.0 Å². The van der Waals surface area contributed by atoms with Crippen LogP contribution in [0.2, 0.25) is 5.02 Å². The van der Waals surface area contributed by atoms with Gasteiger partial charge in [-0.1, -0.05) is 29.8 Å². The van der Waals surface area contributed by atoms with E-state index in [9.17, 15) is 4.79 Å². The lowest BCUT2D eigenvalue weighted by Gasteiger charge is -2.34. The van der Waals surface area contributed by atoms with Crippen LogP contribution in [0.3, 0.4) is 0 Å². The number of carbonyl (C=O) groups excluding carboxylic acids is 1. The molecule has 0 bridgehead atoms. The molecule has 1 aromatic carbocycles. The Morgan fingerprint density at radius 1 is 0.963 bits per heavy atom. The first kappa shape index (κ1) is 20.9. The number of rotatable bonds is 3. The molecular formula is C18H19ClN2O5S. The summed E-state index contributed by atoms with van der Waals surface area (Å²) < 4.78 is 0. The second-order valence-corrected chi connectivity index (χ2v) is 7.17. The van der Waals surface area contributed by atoms with Gasteiger partial charge in [0.2, 0.25) is 0 Å². The number of carbonyl (C=O) groups is 3. The van der Waals surface area contributed by atoms with Crippen LogP contribution in [0.25, 0.3) is 0 Å². The fourth-order valence-electron chi connectivity index (χ4n) is 2.51. The Hall–Kier alpha value is -2.42. The maximum atomic E-state index is 12.3. The normalized spacial score (nSPS) is 14.2. The highest BCUT2D eigenvalue weighted by Gasteiger charge is 2.22. The molecule has 3 rings (SSSR count). The summed E-state index contributed by atoms with van der Waals surface area (Å²) in [5, 5.41) is 17.5. The molecule has 2 heterocycles. The van der Waals surface area contributed by atoms with Crippen LogP contribution < -0.4 is 0 Å². The molecule has 1 amide bonds. The average Bonchev–Trinajstić information content (AvgIpc) is 3.19. The van der Waals surface area contributed by atoms with Crippen molar-refractivity contribution in [1.82, 2.24) is 9.80 Å². The minimum atomic E-state index is -1.82. The molecule has 7 nitrogen and oxygen atoms in total. The molecule has 1 aliphatic rings. The number of thiophene rings is 1. The first-order chi connectivity index (χ1) is 12.9. The molecule has 0 unspecified atom stereocenters. The van der Waals surface area contributed by atoms with Gasteiger partial charge in [0.15, 0.2) is 0 Å². The second-order valence-electron chi connectivity index (χ2n) is 5.78. The van der Waals surface area contributed by atoms with Crippen LogP contribution in [0.5, 0.6) is 0 Å². The molecule has 0 saturated carbocycles. The van der Waals surface area contributed by atoms with Crippen LogP contribution in [0.1, 0.15) is 15.2 Å². The van der Waals surface area contributed by atoms with Crippen molar-refractivity contribution in [2.24, 2.45) is 0 Å². The predicted octanol–water partition coefficient (Wildman–Crippen LogP) is 2.52.